The molecule has 1 heterocycles. The van der Waals surface area contributed by atoms with Crippen LogP contribution in [0.1, 0.15) is 32.9 Å². The average molecular weight is 418 g/mol. The van der Waals surface area contributed by atoms with E-state index in [2.05, 4.69) is 9.72 Å². The van der Waals surface area contributed by atoms with E-state index in [1.54, 1.807) is 31.2 Å². The number of methoxy groups -OCH3 is 1. The number of esters is 1. The highest BCUT2D eigenvalue weighted by molar-refractivity contribution is 5.89. The third-order valence-corrected chi connectivity index (χ3v) is 4.60. The van der Waals surface area contributed by atoms with Gasteiger partial charge in [0.1, 0.15) is 5.76 Å². The lowest BCUT2D eigenvalue weighted by molar-refractivity contribution is -0.137. The van der Waals surface area contributed by atoms with Crippen molar-refractivity contribution >= 4 is 5.97 Å². The van der Waals surface area contributed by atoms with E-state index in [9.17, 15) is 18.0 Å². The van der Waals surface area contributed by atoms with Crippen molar-refractivity contribution in [2.75, 3.05) is 14.2 Å². The van der Waals surface area contributed by atoms with E-state index in [0.29, 0.717) is 30.3 Å². The largest absolute Gasteiger partial charge is 0.465 e. The fourth-order valence-corrected chi connectivity index (χ4v) is 2.99. The number of carbonyl (C=O) groups is 1. The summed E-state index contributed by atoms with van der Waals surface area (Å²) in [7, 11) is 3.18. The van der Waals surface area contributed by atoms with Crippen molar-refractivity contribution in [1.29, 1.82) is 0 Å². The fraction of sp³-hybridized carbons (Fsp3) is 0.273. The van der Waals surface area contributed by atoms with Crippen LogP contribution in [-0.2, 0) is 24.0 Å². The van der Waals surface area contributed by atoms with Gasteiger partial charge in [0.05, 0.1) is 23.9 Å². The highest BCUT2D eigenvalue weighted by Gasteiger charge is 2.29. The molecule has 0 aliphatic heterocycles. The Kier molecular flexibility index (Phi) is 6.26. The summed E-state index contributed by atoms with van der Waals surface area (Å²) in [5.41, 5.74) is 1.99. The lowest BCUT2D eigenvalue weighted by Gasteiger charge is -2.16. The van der Waals surface area contributed by atoms with Crippen LogP contribution in [0.15, 0.2) is 52.9 Å². The second-order valence-electron chi connectivity index (χ2n) is 6.96. The molecule has 0 unspecified atom stereocenters. The second-order valence-corrected chi connectivity index (χ2v) is 6.96. The Hall–Kier alpha value is -3.13. The molecule has 0 fully saturated rings. The van der Waals surface area contributed by atoms with Crippen molar-refractivity contribution in [3.63, 3.8) is 0 Å². The smallest absolute Gasteiger partial charge is 0.416 e. The van der Waals surface area contributed by atoms with E-state index in [4.69, 9.17) is 4.42 Å². The molecular formula is C22H21F3N2O3. The Bertz CT molecular complexity index is 1010. The van der Waals surface area contributed by atoms with Crippen LogP contribution in [0.3, 0.4) is 0 Å². The number of benzene rings is 2. The lowest BCUT2D eigenvalue weighted by atomic mass is 10.1. The molecule has 0 spiro atoms. The second kappa shape index (κ2) is 8.71. The number of aryl methyl sites for hydroxylation is 1. The minimum absolute atomic E-state index is 0.421. The maximum atomic E-state index is 12.7. The van der Waals surface area contributed by atoms with Crippen LogP contribution >= 0.6 is 0 Å². The number of rotatable bonds is 6. The van der Waals surface area contributed by atoms with Crippen LogP contribution in [0, 0.1) is 6.92 Å². The predicted octanol–water partition coefficient (Wildman–Crippen LogP) is 5.09. The first-order valence-electron chi connectivity index (χ1n) is 9.17. The number of nitrogens with zero attached hydrogens (tertiary/aromatic N) is 2. The van der Waals surface area contributed by atoms with Crippen LogP contribution in [0.25, 0.3) is 11.5 Å². The number of ether oxygens (including phenoxy) is 1. The van der Waals surface area contributed by atoms with Gasteiger partial charge >= 0.3 is 12.1 Å². The van der Waals surface area contributed by atoms with E-state index >= 15 is 0 Å². The van der Waals surface area contributed by atoms with E-state index < -0.39 is 17.7 Å². The van der Waals surface area contributed by atoms with E-state index in [-0.39, 0.29) is 0 Å². The molecule has 0 aliphatic carbocycles. The summed E-state index contributed by atoms with van der Waals surface area (Å²) in [5.74, 6) is 0.666. The highest BCUT2D eigenvalue weighted by atomic mass is 19.4. The maximum Gasteiger partial charge on any atom is 0.416 e. The van der Waals surface area contributed by atoms with E-state index in [0.717, 1.165) is 29.0 Å². The Morgan fingerprint density at radius 2 is 1.70 bits per heavy atom. The van der Waals surface area contributed by atoms with E-state index in [1.807, 2.05) is 11.9 Å². The number of halogens is 3. The SMILES string of the molecule is COC(=O)c1ccc(-c2nc(CN(C)Cc3ccc(C(F)(F)F)cc3)c(C)o2)cc1. The Labute approximate surface area is 172 Å². The van der Waals surface area contributed by atoms with Gasteiger partial charge in [0.25, 0.3) is 0 Å². The van der Waals surface area contributed by atoms with Gasteiger partial charge in [-0.2, -0.15) is 13.2 Å². The number of alkyl halides is 3. The third-order valence-electron chi connectivity index (χ3n) is 4.60. The summed E-state index contributed by atoms with van der Waals surface area (Å²) < 4.78 is 48.5. The van der Waals surface area contributed by atoms with Crippen LogP contribution in [-0.4, -0.2) is 30.0 Å². The molecule has 0 atom stereocenters. The molecule has 3 aromatic rings. The molecule has 0 aliphatic rings. The van der Waals surface area contributed by atoms with Crippen LogP contribution in [0.2, 0.25) is 0 Å². The summed E-state index contributed by atoms with van der Waals surface area (Å²) in [5, 5.41) is 0. The third kappa shape index (κ3) is 5.07. The van der Waals surface area contributed by atoms with Crippen molar-refractivity contribution in [3.8, 4) is 11.5 Å². The Morgan fingerprint density at radius 3 is 2.27 bits per heavy atom. The highest BCUT2D eigenvalue weighted by Crippen LogP contribution is 2.29. The van der Waals surface area contributed by atoms with Gasteiger partial charge in [-0.1, -0.05) is 12.1 Å². The first-order chi connectivity index (χ1) is 14.2. The average Bonchev–Trinajstić information content (AvgIpc) is 3.07. The molecule has 0 radical (unpaired) electrons. The molecule has 0 bridgehead atoms. The normalized spacial score (nSPS) is 11.7. The van der Waals surface area contributed by atoms with Crippen molar-refractivity contribution < 1.29 is 27.1 Å². The molecule has 0 saturated carbocycles. The molecular weight excluding hydrogens is 397 g/mol. The quantitative estimate of drug-likeness (QED) is 0.522. The monoisotopic (exact) mass is 418 g/mol. The maximum absolute atomic E-state index is 12.7. The number of oxazole rings is 1. The lowest BCUT2D eigenvalue weighted by Crippen LogP contribution is -2.18. The predicted molar refractivity (Wildman–Crippen MR) is 105 cm³/mol. The van der Waals surface area contributed by atoms with Crippen molar-refractivity contribution in [1.82, 2.24) is 9.88 Å². The molecule has 30 heavy (non-hydrogen) atoms. The summed E-state index contributed by atoms with van der Waals surface area (Å²) in [6.07, 6.45) is -4.34. The summed E-state index contributed by atoms with van der Waals surface area (Å²) in [6, 6.07) is 11.8. The van der Waals surface area contributed by atoms with Gasteiger partial charge in [-0.25, -0.2) is 9.78 Å². The number of hydrogen-bond acceptors (Lipinski definition) is 5. The first-order valence-corrected chi connectivity index (χ1v) is 9.17. The first kappa shape index (κ1) is 21.6. The van der Waals surface area contributed by atoms with Gasteiger partial charge < -0.3 is 9.15 Å². The van der Waals surface area contributed by atoms with Gasteiger partial charge in [-0.05, 0) is 55.9 Å². The summed E-state index contributed by atoms with van der Waals surface area (Å²) in [6.45, 7) is 2.74. The molecule has 0 saturated heterocycles. The fourth-order valence-electron chi connectivity index (χ4n) is 2.99. The molecule has 5 nitrogen and oxygen atoms in total. The van der Waals surface area contributed by atoms with Gasteiger partial charge in [0.15, 0.2) is 0 Å². The topological polar surface area (TPSA) is 55.6 Å². The zero-order valence-corrected chi connectivity index (χ0v) is 16.8. The summed E-state index contributed by atoms with van der Waals surface area (Å²) in [4.78, 5) is 18.0. The number of aromatic nitrogens is 1. The van der Waals surface area contributed by atoms with Gasteiger partial charge in [0.2, 0.25) is 5.89 Å². The van der Waals surface area contributed by atoms with Crippen LogP contribution in [0.4, 0.5) is 13.2 Å². The van der Waals surface area contributed by atoms with Gasteiger partial charge in [0, 0.05) is 18.7 Å². The zero-order chi connectivity index (χ0) is 21.9. The zero-order valence-electron chi connectivity index (χ0n) is 16.8. The molecule has 0 amide bonds. The van der Waals surface area contributed by atoms with E-state index in [1.165, 1.54) is 19.2 Å². The Morgan fingerprint density at radius 1 is 1.07 bits per heavy atom. The standard InChI is InChI=1S/C22H21F3N2O3/c1-14-19(13-27(2)12-15-4-10-18(11-5-15)22(23,24)25)26-20(30-14)16-6-8-17(9-7-16)21(28)29-3/h4-11H,12-13H2,1-3H3. The van der Waals surface area contributed by atoms with Gasteiger partial charge in [-0.3, -0.25) is 4.90 Å². The number of hydrogen-bond donors (Lipinski definition) is 0. The number of carbonyl (C=O) groups excluding carboxylic acids is 1. The molecule has 1 aromatic heterocycles. The minimum Gasteiger partial charge on any atom is -0.465 e. The summed E-state index contributed by atoms with van der Waals surface area (Å²) >= 11 is 0. The van der Waals surface area contributed by atoms with Crippen molar-refractivity contribution in [3.05, 3.63) is 76.7 Å². The molecule has 0 N–H and O–H groups in total. The Balaban J connectivity index is 1.67. The van der Waals surface area contributed by atoms with Crippen LogP contribution in [0.5, 0.6) is 0 Å². The molecule has 3 rings (SSSR count). The molecule has 2 aromatic carbocycles. The molecule has 8 heteroatoms. The minimum atomic E-state index is -4.34. The molecule has 158 valence electrons. The van der Waals surface area contributed by atoms with Crippen LogP contribution < -0.4 is 0 Å². The van der Waals surface area contributed by atoms with Gasteiger partial charge in [-0.15, -0.1) is 0 Å². The van der Waals surface area contributed by atoms with Crippen molar-refractivity contribution in [2.24, 2.45) is 0 Å². The van der Waals surface area contributed by atoms with Crippen molar-refractivity contribution in [2.45, 2.75) is 26.2 Å².